The smallest absolute Gasteiger partial charge is 0.0738 e. The molecule has 0 fully saturated rings. The van der Waals surface area contributed by atoms with E-state index in [1.807, 2.05) is 36.4 Å². The van der Waals surface area contributed by atoms with Gasteiger partial charge in [-0.3, -0.25) is 0 Å². The number of benzene rings is 2. The number of nitrogens with zero attached hydrogens (tertiary/aromatic N) is 1. The van der Waals surface area contributed by atoms with Gasteiger partial charge in [0.15, 0.2) is 0 Å². The van der Waals surface area contributed by atoms with Crippen LogP contribution in [-0.4, -0.2) is 4.98 Å². The first kappa shape index (κ1) is 12.6. The Kier molecular flexibility index (Phi) is 3.29. The van der Waals surface area contributed by atoms with Crippen LogP contribution in [0, 0.1) is 6.92 Å². The second-order valence-corrected chi connectivity index (χ2v) is 5.85. The molecule has 0 N–H and O–H groups in total. The largest absolute Gasteiger partial charge is 0.248 e. The van der Waals surface area contributed by atoms with E-state index < -0.39 is 0 Å². The van der Waals surface area contributed by atoms with E-state index in [4.69, 9.17) is 16.6 Å². The van der Waals surface area contributed by atoms with E-state index in [0.29, 0.717) is 0 Å². The molecule has 0 aliphatic heterocycles. The van der Waals surface area contributed by atoms with Gasteiger partial charge in [0.2, 0.25) is 0 Å². The van der Waals surface area contributed by atoms with E-state index in [0.717, 1.165) is 37.2 Å². The van der Waals surface area contributed by atoms with E-state index >= 15 is 0 Å². The monoisotopic (exact) mass is 331 g/mol. The summed E-state index contributed by atoms with van der Waals surface area (Å²) in [7, 11) is 0. The Balaban J connectivity index is 2.21. The van der Waals surface area contributed by atoms with E-state index in [1.54, 1.807) is 0 Å². The lowest BCUT2D eigenvalue weighted by Gasteiger charge is -2.08. The van der Waals surface area contributed by atoms with E-state index in [1.165, 1.54) is 0 Å². The average Bonchev–Trinajstić information content (AvgIpc) is 2.39. The molecule has 3 rings (SSSR count). The zero-order valence-electron chi connectivity index (χ0n) is 10.3. The fourth-order valence-corrected chi connectivity index (χ4v) is 2.66. The van der Waals surface area contributed by atoms with Crippen LogP contribution in [0.5, 0.6) is 0 Å². The van der Waals surface area contributed by atoms with Crippen molar-refractivity contribution in [3.05, 3.63) is 63.6 Å². The van der Waals surface area contributed by atoms with Gasteiger partial charge < -0.3 is 0 Å². The van der Waals surface area contributed by atoms with Gasteiger partial charge in [-0.25, -0.2) is 4.98 Å². The zero-order chi connectivity index (χ0) is 13.4. The lowest BCUT2D eigenvalue weighted by Crippen LogP contribution is -1.90. The lowest BCUT2D eigenvalue weighted by molar-refractivity contribution is 1.33. The van der Waals surface area contributed by atoms with Crippen LogP contribution in [0.1, 0.15) is 5.56 Å². The highest BCUT2D eigenvalue weighted by molar-refractivity contribution is 9.10. The Hall–Kier alpha value is -1.38. The van der Waals surface area contributed by atoms with E-state index in [9.17, 15) is 0 Å². The first-order valence-electron chi connectivity index (χ1n) is 5.96. The van der Waals surface area contributed by atoms with Crippen molar-refractivity contribution < 1.29 is 0 Å². The minimum atomic E-state index is 0.742. The Bertz CT molecular complexity index is 751. The fraction of sp³-hybridized carbons (Fsp3) is 0.0625. The summed E-state index contributed by atoms with van der Waals surface area (Å²) >= 11 is 9.41. The maximum Gasteiger partial charge on any atom is 0.0738 e. The molecule has 0 unspecified atom stereocenters. The van der Waals surface area contributed by atoms with Crippen LogP contribution in [0.4, 0.5) is 0 Å². The van der Waals surface area contributed by atoms with Crippen LogP contribution in [-0.2, 0) is 0 Å². The Morgan fingerprint density at radius 1 is 1.00 bits per heavy atom. The molecule has 0 aliphatic rings. The quantitative estimate of drug-likeness (QED) is 0.563. The number of hydrogen-bond acceptors (Lipinski definition) is 1. The average molecular weight is 333 g/mol. The standard InChI is InChI=1S/C16H11BrClN/c1-10-8-12-9-13(17)4-7-15(12)19-16(10)11-2-5-14(18)6-3-11/h2-9H,1H3. The highest BCUT2D eigenvalue weighted by Gasteiger charge is 2.06. The third-order valence-electron chi connectivity index (χ3n) is 3.09. The van der Waals surface area contributed by atoms with Crippen molar-refractivity contribution in [1.29, 1.82) is 0 Å². The van der Waals surface area contributed by atoms with Gasteiger partial charge >= 0.3 is 0 Å². The van der Waals surface area contributed by atoms with Crippen LogP contribution in [0.3, 0.4) is 0 Å². The van der Waals surface area contributed by atoms with E-state index in [2.05, 4.69) is 35.0 Å². The van der Waals surface area contributed by atoms with Crippen LogP contribution in [0.25, 0.3) is 22.2 Å². The van der Waals surface area contributed by atoms with Gasteiger partial charge in [-0.15, -0.1) is 0 Å². The van der Waals surface area contributed by atoms with Crippen molar-refractivity contribution in [2.75, 3.05) is 0 Å². The molecule has 19 heavy (non-hydrogen) atoms. The molecule has 0 saturated heterocycles. The van der Waals surface area contributed by atoms with Gasteiger partial charge in [-0.05, 0) is 48.9 Å². The topological polar surface area (TPSA) is 12.9 Å². The normalized spacial score (nSPS) is 10.9. The first-order chi connectivity index (χ1) is 9.13. The van der Waals surface area contributed by atoms with Gasteiger partial charge in [0, 0.05) is 20.4 Å². The molecule has 1 aromatic heterocycles. The first-order valence-corrected chi connectivity index (χ1v) is 7.13. The van der Waals surface area contributed by atoms with Crippen molar-refractivity contribution in [3.63, 3.8) is 0 Å². The third-order valence-corrected chi connectivity index (χ3v) is 3.83. The molecule has 0 spiro atoms. The second kappa shape index (κ2) is 4.95. The summed E-state index contributed by atoms with van der Waals surface area (Å²) in [6.07, 6.45) is 0. The van der Waals surface area contributed by atoms with Gasteiger partial charge in [-0.2, -0.15) is 0 Å². The molecule has 0 aliphatic carbocycles. The van der Waals surface area contributed by atoms with E-state index in [-0.39, 0.29) is 0 Å². The molecule has 0 saturated carbocycles. The van der Waals surface area contributed by atoms with Crippen LogP contribution in [0.15, 0.2) is 53.0 Å². The van der Waals surface area contributed by atoms with Gasteiger partial charge in [0.1, 0.15) is 0 Å². The van der Waals surface area contributed by atoms with Crippen LogP contribution >= 0.6 is 27.5 Å². The Labute approximate surface area is 125 Å². The fourth-order valence-electron chi connectivity index (χ4n) is 2.15. The molecule has 2 aromatic carbocycles. The molecule has 94 valence electrons. The SMILES string of the molecule is Cc1cc2cc(Br)ccc2nc1-c1ccc(Cl)cc1. The van der Waals surface area contributed by atoms with Gasteiger partial charge in [0.25, 0.3) is 0 Å². The maximum atomic E-state index is 5.93. The maximum absolute atomic E-state index is 5.93. The summed E-state index contributed by atoms with van der Waals surface area (Å²) in [6.45, 7) is 2.08. The van der Waals surface area contributed by atoms with Gasteiger partial charge in [0.05, 0.1) is 11.2 Å². The van der Waals surface area contributed by atoms with Gasteiger partial charge in [-0.1, -0.05) is 39.7 Å². The van der Waals surface area contributed by atoms with Crippen LogP contribution < -0.4 is 0 Å². The summed E-state index contributed by atoms with van der Waals surface area (Å²) in [4.78, 5) is 4.75. The summed E-state index contributed by atoms with van der Waals surface area (Å²) < 4.78 is 1.07. The molecule has 1 heterocycles. The zero-order valence-corrected chi connectivity index (χ0v) is 12.7. The molecular formula is C16H11BrClN. The molecular weight excluding hydrogens is 322 g/mol. The van der Waals surface area contributed by atoms with Crippen molar-refractivity contribution in [3.8, 4) is 11.3 Å². The number of pyridine rings is 1. The molecule has 0 amide bonds. The molecule has 3 heteroatoms. The minimum Gasteiger partial charge on any atom is -0.248 e. The summed E-state index contributed by atoms with van der Waals surface area (Å²) in [6, 6.07) is 16.1. The molecule has 0 bridgehead atoms. The number of halogens is 2. The predicted octanol–water partition coefficient (Wildman–Crippen LogP) is 5.63. The number of fused-ring (bicyclic) bond motifs is 1. The molecule has 0 radical (unpaired) electrons. The molecule has 0 atom stereocenters. The minimum absolute atomic E-state index is 0.742. The second-order valence-electron chi connectivity index (χ2n) is 4.50. The Morgan fingerprint density at radius 2 is 1.74 bits per heavy atom. The number of aromatic nitrogens is 1. The summed E-state index contributed by atoms with van der Waals surface area (Å²) in [5.41, 5.74) is 4.25. The third kappa shape index (κ3) is 2.51. The van der Waals surface area contributed by atoms with Crippen molar-refractivity contribution in [1.82, 2.24) is 4.98 Å². The van der Waals surface area contributed by atoms with Crippen molar-refractivity contribution >= 4 is 38.4 Å². The molecule has 1 nitrogen and oxygen atoms in total. The molecule has 3 aromatic rings. The summed E-state index contributed by atoms with van der Waals surface area (Å²) in [5.74, 6) is 0. The van der Waals surface area contributed by atoms with Crippen LogP contribution in [0.2, 0.25) is 5.02 Å². The number of aryl methyl sites for hydroxylation is 1. The lowest BCUT2D eigenvalue weighted by atomic mass is 10.0. The van der Waals surface area contributed by atoms with Crippen molar-refractivity contribution in [2.24, 2.45) is 0 Å². The summed E-state index contributed by atoms with van der Waals surface area (Å²) in [5, 5.41) is 1.88. The highest BCUT2D eigenvalue weighted by Crippen LogP contribution is 2.27. The predicted molar refractivity (Wildman–Crippen MR) is 84.6 cm³/mol. The highest BCUT2D eigenvalue weighted by atomic mass is 79.9. The Morgan fingerprint density at radius 3 is 2.47 bits per heavy atom. The number of rotatable bonds is 1. The van der Waals surface area contributed by atoms with Crippen molar-refractivity contribution in [2.45, 2.75) is 6.92 Å². The number of hydrogen-bond donors (Lipinski definition) is 0.